The van der Waals surface area contributed by atoms with Gasteiger partial charge in [-0.3, -0.25) is 9.44 Å². The number of anilines is 2. The van der Waals surface area contributed by atoms with Crippen LogP contribution in [0.25, 0.3) is 0 Å². The molecular weight excluding hydrogens is 476 g/mol. The lowest BCUT2D eigenvalue weighted by Crippen LogP contribution is -2.16. The summed E-state index contributed by atoms with van der Waals surface area (Å²) in [5, 5.41) is 0.511. The van der Waals surface area contributed by atoms with Crippen molar-refractivity contribution in [3.05, 3.63) is 77.3 Å². The molecule has 0 saturated heterocycles. The summed E-state index contributed by atoms with van der Waals surface area (Å²) in [7, 11) is -4.73. The highest BCUT2D eigenvalue weighted by molar-refractivity contribution is 7.92. The van der Waals surface area contributed by atoms with E-state index < -0.39 is 20.0 Å². The van der Waals surface area contributed by atoms with Crippen LogP contribution in [0.1, 0.15) is 5.56 Å². The average molecular weight is 497 g/mol. The van der Waals surface area contributed by atoms with Gasteiger partial charge in [0.2, 0.25) is 10.0 Å². The van der Waals surface area contributed by atoms with Gasteiger partial charge in [0.25, 0.3) is 10.0 Å². The van der Waals surface area contributed by atoms with Gasteiger partial charge in [-0.1, -0.05) is 23.7 Å². The zero-order valence-corrected chi connectivity index (χ0v) is 19.6. The van der Waals surface area contributed by atoms with Crippen molar-refractivity contribution in [2.75, 3.05) is 23.7 Å². The number of hydrogen-bond acceptors (Lipinski definition) is 6. The fraction of sp³-hybridized carbons (Fsp3) is 0.143. The average Bonchev–Trinajstić information content (AvgIpc) is 2.75. The van der Waals surface area contributed by atoms with Crippen molar-refractivity contribution in [1.29, 1.82) is 0 Å². The van der Waals surface area contributed by atoms with Gasteiger partial charge in [0.1, 0.15) is 11.5 Å². The molecule has 0 fully saturated rings. The second kappa shape index (κ2) is 9.68. The number of methoxy groups -OCH3 is 2. The first-order valence-corrected chi connectivity index (χ1v) is 12.7. The Morgan fingerprint density at radius 2 is 1.47 bits per heavy atom. The molecule has 0 amide bonds. The highest BCUT2D eigenvalue weighted by atomic mass is 35.5. The zero-order valence-electron chi connectivity index (χ0n) is 17.2. The van der Waals surface area contributed by atoms with Crippen molar-refractivity contribution in [3.63, 3.8) is 0 Å². The number of ether oxygens (including phenoxy) is 2. The molecule has 0 spiro atoms. The van der Waals surface area contributed by atoms with Gasteiger partial charge < -0.3 is 9.47 Å². The van der Waals surface area contributed by atoms with Crippen LogP contribution in [-0.4, -0.2) is 31.1 Å². The molecule has 0 bridgehead atoms. The van der Waals surface area contributed by atoms with E-state index in [1.54, 1.807) is 36.4 Å². The zero-order chi connectivity index (χ0) is 23.4. The maximum Gasteiger partial charge on any atom is 0.262 e. The predicted molar refractivity (Wildman–Crippen MR) is 124 cm³/mol. The van der Waals surface area contributed by atoms with Crippen molar-refractivity contribution in [2.24, 2.45) is 0 Å². The van der Waals surface area contributed by atoms with Gasteiger partial charge >= 0.3 is 0 Å². The highest BCUT2D eigenvalue weighted by Crippen LogP contribution is 2.31. The molecule has 0 radical (unpaired) electrons. The fourth-order valence-corrected chi connectivity index (χ4v) is 5.20. The minimum Gasteiger partial charge on any atom is -0.497 e. The van der Waals surface area contributed by atoms with E-state index in [-0.39, 0.29) is 22.0 Å². The van der Waals surface area contributed by atoms with Gasteiger partial charge in [0.15, 0.2) is 0 Å². The molecule has 0 aliphatic heterocycles. The van der Waals surface area contributed by atoms with Crippen molar-refractivity contribution in [3.8, 4) is 11.5 Å². The molecular formula is C21H21ClN2O6S2. The third-order valence-electron chi connectivity index (χ3n) is 4.36. The molecule has 3 rings (SSSR count). The maximum absolute atomic E-state index is 12.7. The van der Waals surface area contributed by atoms with Crippen LogP contribution in [-0.2, 0) is 25.8 Å². The van der Waals surface area contributed by atoms with Gasteiger partial charge in [-0.05, 0) is 54.1 Å². The predicted octanol–water partition coefficient (Wildman–Crippen LogP) is 4.10. The third kappa shape index (κ3) is 6.06. The topological polar surface area (TPSA) is 111 Å². The molecule has 3 aromatic rings. The van der Waals surface area contributed by atoms with Crippen LogP contribution in [0.3, 0.4) is 0 Å². The van der Waals surface area contributed by atoms with Crippen LogP contribution in [0.5, 0.6) is 11.5 Å². The second-order valence-corrected chi connectivity index (χ2v) is 10.5. The van der Waals surface area contributed by atoms with Crippen molar-refractivity contribution in [1.82, 2.24) is 0 Å². The van der Waals surface area contributed by atoms with E-state index in [1.807, 2.05) is 0 Å². The summed E-state index contributed by atoms with van der Waals surface area (Å²) >= 11 is 5.81. The Labute approximate surface area is 192 Å². The molecule has 0 heterocycles. The summed E-state index contributed by atoms with van der Waals surface area (Å²) in [6, 6.07) is 16.5. The number of rotatable bonds is 9. The van der Waals surface area contributed by atoms with Crippen LogP contribution in [0.15, 0.2) is 71.6 Å². The molecule has 8 nitrogen and oxygen atoms in total. The normalized spacial score (nSPS) is 11.6. The first kappa shape index (κ1) is 23.7. The Hall–Kier alpha value is -2.95. The van der Waals surface area contributed by atoms with Crippen molar-refractivity contribution < 1.29 is 26.3 Å². The smallest absolute Gasteiger partial charge is 0.262 e. The van der Waals surface area contributed by atoms with Gasteiger partial charge in [-0.25, -0.2) is 16.8 Å². The molecule has 0 atom stereocenters. The van der Waals surface area contributed by atoms with Crippen molar-refractivity contribution >= 4 is 43.0 Å². The van der Waals surface area contributed by atoms with Gasteiger partial charge in [-0.15, -0.1) is 0 Å². The molecule has 2 N–H and O–H groups in total. The molecule has 3 aromatic carbocycles. The Kier molecular flexibility index (Phi) is 7.17. The second-order valence-electron chi connectivity index (χ2n) is 6.68. The van der Waals surface area contributed by atoms with Crippen LogP contribution < -0.4 is 18.9 Å². The monoisotopic (exact) mass is 496 g/mol. The van der Waals surface area contributed by atoms with Gasteiger partial charge in [0, 0.05) is 16.8 Å². The molecule has 32 heavy (non-hydrogen) atoms. The molecule has 0 aliphatic carbocycles. The quantitative estimate of drug-likeness (QED) is 0.461. The summed E-state index contributed by atoms with van der Waals surface area (Å²) in [5.41, 5.74) is 1.04. The lowest BCUT2D eigenvalue weighted by atomic mass is 10.2. The number of hydrogen-bond donors (Lipinski definition) is 2. The van der Waals surface area contributed by atoms with E-state index in [2.05, 4.69) is 9.44 Å². The first-order chi connectivity index (χ1) is 15.1. The summed E-state index contributed by atoms with van der Waals surface area (Å²) in [6.07, 6.45) is 0. The van der Waals surface area contributed by atoms with E-state index >= 15 is 0 Å². The Morgan fingerprint density at radius 1 is 0.812 bits per heavy atom. The summed E-state index contributed by atoms with van der Waals surface area (Å²) in [6.45, 7) is 0. The number of nitrogens with one attached hydrogen (secondary N) is 2. The first-order valence-electron chi connectivity index (χ1n) is 9.22. The SMILES string of the molecule is COc1ccc(NS(=O)(=O)c2ccc(NS(=O)(=O)Cc3ccc(Cl)cc3)cc2)c(OC)c1. The van der Waals surface area contributed by atoms with E-state index in [4.69, 9.17) is 21.1 Å². The van der Waals surface area contributed by atoms with Crippen molar-refractivity contribution in [2.45, 2.75) is 10.6 Å². The van der Waals surface area contributed by atoms with Gasteiger partial charge in [-0.2, -0.15) is 0 Å². The van der Waals surface area contributed by atoms with E-state index in [0.29, 0.717) is 22.1 Å². The highest BCUT2D eigenvalue weighted by Gasteiger charge is 2.18. The molecule has 0 aliphatic rings. The summed E-state index contributed by atoms with van der Waals surface area (Å²) in [5.74, 6) is 0.558. The maximum atomic E-state index is 12.7. The summed E-state index contributed by atoms with van der Waals surface area (Å²) < 4.78 is 65.5. The molecule has 170 valence electrons. The summed E-state index contributed by atoms with van der Waals surface area (Å²) in [4.78, 5) is -0.0454. The number of benzene rings is 3. The third-order valence-corrected chi connectivity index (χ3v) is 7.25. The Morgan fingerprint density at radius 3 is 2.06 bits per heavy atom. The van der Waals surface area contributed by atoms with E-state index in [9.17, 15) is 16.8 Å². The Bertz CT molecular complexity index is 1290. The Balaban J connectivity index is 1.73. The van der Waals surface area contributed by atoms with Crippen LogP contribution >= 0.6 is 11.6 Å². The standard InChI is InChI=1S/C21H21ClN2O6S2/c1-29-18-9-12-20(21(13-18)30-2)24-32(27,28)19-10-7-17(8-11-19)23-31(25,26)14-15-3-5-16(22)6-4-15/h3-13,23-24H,14H2,1-2H3. The fourth-order valence-electron chi connectivity index (χ4n) is 2.80. The molecule has 0 aromatic heterocycles. The number of sulfonamides is 2. The van der Waals surface area contributed by atoms with Crippen LogP contribution in [0.4, 0.5) is 11.4 Å². The minimum absolute atomic E-state index is 0.0454. The van der Waals surface area contributed by atoms with E-state index in [1.165, 1.54) is 44.6 Å². The van der Waals surface area contributed by atoms with E-state index in [0.717, 1.165) is 0 Å². The largest absolute Gasteiger partial charge is 0.497 e. The lowest BCUT2D eigenvalue weighted by Gasteiger charge is -2.13. The lowest BCUT2D eigenvalue weighted by molar-refractivity contribution is 0.395. The van der Waals surface area contributed by atoms with Crippen LogP contribution in [0, 0.1) is 0 Å². The molecule has 0 unspecified atom stereocenters. The van der Waals surface area contributed by atoms with Gasteiger partial charge in [0.05, 0.1) is 30.6 Å². The van der Waals surface area contributed by atoms with Crippen LogP contribution in [0.2, 0.25) is 5.02 Å². The molecule has 0 saturated carbocycles. The molecule has 11 heteroatoms. The number of halogens is 1. The minimum atomic E-state index is -3.94.